The number of anilines is 1. The minimum Gasteiger partial charge on any atom is -0.367 e. The summed E-state index contributed by atoms with van der Waals surface area (Å²) in [5, 5.41) is 3.81. The van der Waals surface area contributed by atoms with E-state index in [1.54, 1.807) is 6.07 Å². The number of aromatic nitrogens is 1. The Morgan fingerprint density at radius 2 is 1.76 bits per heavy atom. The van der Waals surface area contributed by atoms with Gasteiger partial charge in [0.1, 0.15) is 21.7 Å². The highest BCUT2D eigenvalue weighted by Gasteiger charge is 2.22. The monoisotopic (exact) mass is 346 g/mol. The van der Waals surface area contributed by atoms with Gasteiger partial charge >= 0.3 is 0 Å². The predicted octanol–water partition coefficient (Wildman–Crippen LogP) is 5.24. The Bertz CT molecular complexity index is 811. The van der Waals surface area contributed by atoms with E-state index in [1.165, 1.54) is 0 Å². The second kappa shape index (κ2) is 5.29. The summed E-state index contributed by atoms with van der Waals surface area (Å²) in [6.45, 7) is 0. The molecule has 0 radical (unpaired) electrons. The topological polar surface area (TPSA) is 52.0 Å². The van der Waals surface area contributed by atoms with Crippen LogP contribution in [0.3, 0.4) is 0 Å². The van der Waals surface area contributed by atoms with Crippen molar-refractivity contribution in [3.63, 3.8) is 0 Å². The summed E-state index contributed by atoms with van der Waals surface area (Å²) in [5.41, 5.74) is 6.97. The minimum atomic E-state index is -0.731. The summed E-state index contributed by atoms with van der Waals surface area (Å²) in [4.78, 5) is 0. The molecule has 21 heavy (non-hydrogen) atoms. The molecule has 8 heteroatoms. The van der Waals surface area contributed by atoms with Gasteiger partial charge in [0, 0.05) is 11.6 Å². The molecule has 2 heterocycles. The van der Waals surface area contributed by atoms with E-state index in [0.717, 1.165) is 29.5 Å². The molecule has 0 atom stereocenters. The van der Waals surface area contributed by atoms with Gasteiger partial charge in [0.25, 0.3) is 0 Å². The summed E-state index contributed by atoms with van der Waals surface area (Å²) >= 11 is 13.1. The van der Waals surface area contributed by atoms with Crippen LogP contribution < -0.4 is 5.73 Å². The van der Waals surface area contributed by atoms with Crippen molar-refractivity contribution >= 4 is 40.4 Å². The molecule has 3 rings (SSSR count). The second-order valence-electron chi connectivity index (χ2n) is 4.17. The summed E-state index contributed by atoms with van der Waals surface area (Å²) in [5.74, 6) is -1.52. The minimum absolute atomic E-state index is 0.0617. The number of rotatable bonds is 2. The van der Waals surface area contributed by atoms with Crippen LogP contribution in [0.15, 0.2) is 28.8 Å². The molecule has 3 aromatic rings. The van der Waals surface area contributed by atoms with Crippen LogP contribution >= 0.6 is 34.5 Å². The first-order chi connectivity index (χ1) is 9.95. The van der Waals surface area contributed by atoms with E-state index in [9.17, 15) is 8.78 Å². The maximum absolute atomic E-state index is 13.4. The zero-order chi connectivity index (χ0) is 15.1. The maximum Gasteiger partial charge on any atom is 0.230 e. The largest absolute Gasteiger partial charge is 0.367 e. The number of benzene rings is 1. The standard InChI is InChI=1S/C13H6Cl2F2N2OS/c14-9-4-8(12(15)21-9)11-10(13(18)20-19-11)5-1-6(16)3-7(17)2-5/h1-4H,18H2. The fraction of sp³-hybridized carbons (Fsp3) is 0. The van der Waals surface area contributed by atoms with Crippen LogP contribution in [0.25, 0.3) is 22.4 Å². The Hall–Kier alpha value is -1.63. The zero-order valence-corrected chi connectivity index (χ0v) is 12.5. The van der Waals surface area contributed by atoms with Crippen LogP contribution in [0.1, 0.15) is 0 Å². The summed E-state index contributed by atoms with van der Waals surface area (Å²) < 4.78 is 32.6. The SMILES string of the molecule is Nc1onc(-c2cc(Cl)sc2Cl)c1-c1cc(F)cc(F)c1. The van der Waals surface area contributed by atoms with Gasteiger partial charge in [-0.3, -0.25) is 0 Å². The highest BCUT2D eigenvalue weighted by molar-refractivity contribution is 7.20. The van der Waals surface area contributed by atoms with E-state index >= 15 is 0 Å². The first-order valence-corrected chi connectivity index (χ1v) is 7.19. The lowest BCUT2D eigenvalue weighted by molar-refractivity contribution is 0.439. The molecule has 0 aliphatic heterocycles. The van der Waals surface area contributed by atoms with Gasteiger partial charge in [-0.2, -0.15) is 0 Å². The van der Waals surface area contributed by atoms with Crippen molar-refractivity contribution in [1.82, 2.24) is 5.16 Å². The lowest BCUT2D eigenvalue weighted by atomic mass is 10.0. The molecule has 0 saturated carbocycles. The fourth-order valence-corrected chi connectivity index (χ4v) is 3.43. The van der Waals surface area contributed by atoms with Crippen LogP contribution in [-0.2, 0) is 0 Å². The molecule has 108 valence electrons. The van der Waals surface area contributed by atoms with Crippen LogP contribution in [0, 0.1) is 11.6 Å². The molecule has 0 bridgehead atoms. The van der Waals surface area contributed by atoms with E-state index in [4.69, 9.17) is 33.5 Å². The molecule has 0 amide bonds. The van der Waals surface area contributed by atoms with E-state index in [-0.39, 0.29) is 22.7 Å². The summed E-state index contributed by atoms with van der Waals surface area (Å²) in [6, 6.07) is 4.63. The number of thiophene rings is 1. The summed E-state index contributed by atoms with van der Waals surface area (Å²) in [6.07, 6.45) is 0. The third-order valence-corrected chi connectivity index (χ3v) is 4.27. The molecule has 0 fully saturated rings. The van der Waals surface area contributed by atoms with E-state index in [2.05, 4.69) is 5.16 Å². The highest BCUT2D eigenvalue weighted by atomic mass is 35.5. The Kier molecular flexibility index (Phi) is 3.61. The van der Waals surface area contributed by atoms with Crippen molar-refractivity contribution in [3.8, 4) is 22.4 Å². The molecule has 0 unspecified atom stereocenters. The average Bonchev–Trinajstić information content (AvgIpc) is 2.90. The first-order valence-electron chi connectivity index (χ1n) is 5.62. The molecule has 0 spiro atoms. The van der Waals surface area contributed by atoms with Gasteiger partial charge < -0.3 is 10.3 Å². The third kappa shape index (κ3) is 2.62. The number of hydrogen-bond donors (Lipinski definition) is 1. The van der Waals surface area contributed by atoms with Gasteiger partial charge in [-0.1, -0.05) is 28.4 Å². The average molecular weight is 347 g/mol. The maximum atomic E-state index is 13.4. The summed E-state index contributed by atoms with van der Waals surface area (Å²) in [7, 11) is 0. The van der Waals surface area contributed by atoms with Gasteiger partial charge in [0.05, 0.1) is 9.90 Å². The van der Waals surface area contributed by atoms with Crippen molar-refractivity contribution < 1.29 is 13.3 Å². The van der Waals surface area contributed by atoms with Crippen molar-refractivity contribution in [2.75, 3.05) is 5.73 Å². The van der Waals surface area contributed by atoms with Crippen LogP contribution in [0.5, 0.6) is 0 Å². The molecule has 0 aliphatic rings. The Morgan fingerprint density at radius 1 is 1.10 bits per heavy atom. The normalized spacial score (nSPS) is 11.0. The van der Waals surface area contributed by atoms with E-state index in [1.807, 2.05) is 0 Å². The molecule has 0 aliphatic carbocycles. The van der Waals surface area contributed by atoms with Gasteiger partial charge in [0.15, 0.2) is 0 Å². The Morgan fingerprint density at radius 3 is 2.33 bits per heavy atom. The molecule has 2 N–H and O–H groups in total. The zero-order valence-electron chi connectivity index (χ0n) is 10.2. The lowest BCUT2D eigenvalue weighted by Gasteiger charge is -2.03. The second-order valence-corrected chi connectivity index (χ2v) is 6.45. The third-order valence-electron chi connectivity index (χ3n) is 2.78. The van der Waals surface area contributed by atoms with Gasteiger partial charge in [-0.25, -0.2) is 8.78 Å². The molecule has 2 aromatic heterocycles. The Balaban J connectivity index is 2.24. The number of nitrogen functional groups attached to an aromatic ring is 1. The van der Waals surface area contributed by atoms with Crippen molar-refractivity contribution in [2.24, 2.45) is 0 Å². The molecular weight excluding hydrogens is 341 g/mol. The molecule has 1 aromatic carbocycles. The van der Waals surface area contributed by atoms with Gasteiger partial charge in [-0.15, -0.1) is 11.3 Å². The van der Waals surface area contributed by atoms with Crippen LogP contribution in [0.2, 0.25) is 8.67 Å². The predicted molar refractivity (Wildman–Crippen MR) is 79.6 cm³/mol. The Labute approximate surface area is 131 Å². The van der Waals surface area contributed by atoms with E-state index in [0.29, 0.717) is 14.2 Å². The van der Waals surface area contributed by atoms with Crippen molar-refractivity contribution in [2.45, 2.75) is 0 Å². The van der Waals surface area contributed by atoms with E-state index < -0.39 is 11.6 Å². The first kappa shape index (κ1) is 14.3. The fourth-order valence-electron chi connectivity index (χ4n) is 1.97. The number of nitrogens with zero attached hydrogens (tertiary/aromatic N) is 1. The van der Waals surface area contributed by atoms with Gasteiger partial charge in [0.2, 0.25) is 5.88 Å². The molecular formula is C13H6Cl2F2N2OS. The highest BCUT2D eigenvalue weighted by Crippen LogP contribution is 2.43. The number of nitrogens with two attached hydrogens (primary N) is 1. The van der Waals surface area contributed by atoms with Gasteiger partial charge in [-0.05, 0) is 23.8 Å². The lowest BCUT2D eigenvalue weighted by Crippen LogP contribution is -1.90. The van der Waals surface area contributed by atoms with Crippen molar-refractivity contribution in [3.05, 3.63) is 44.6 Å². The van der Waals surface area contributed by atoms with Crippen LogP contribution in [-0.4, -0.2) is 5.16 Å². The number of hydrogen-bond acceptors (Lipinski definition) is 4. The number of halogens is 4. The smallest absolute Gasteiger partial charge is 0.230 e. The quantitative estimate of drug-likeness (QED) is 0.690. The molecule has 3 nitrogen and oxygen atoms in total. The van der Waals surface area contributed by atoms with Crippen LogP contribution in [0.4, 0.5) is 14.7 Å². The molecule has 0 saturated heterocycles. The van der Waals surface area contributed by atoms with Crippen molar-refractivity contribution in [1.29, 1.82) is 0 Å².